The van der Waals surface area contributed by atoms with Crippen LogP contribution in [-0.4, -0.2) is 22.8 Å². The molecule has 0 fully saturated rings. The molecule has 0 saturated carbocycles. The molecule has 0 aliphatic heterocycles. The Balaban J connectivity index is 2.66. The van der Waals surface area contributed by atoms with Crippen LogP contribution >= 0.6 is 0 Å². The SMILES string of the molecule is CCOC(=O)CC(c1oc(CO)cc(=O)c1O)c1c(F)cccc1F. The van der Waals surface area contributed by atoms with Crippen LogP contribution < -0.4 is 5.43 Å². The number of aliphatic hydroxyl groups is 1. The molecule has 25 heavy (non-hydrogen) atoms. The van der Waals surface area contributed by atoms with Crippen LogP contribution in [0.15, 0.2) is 33.5 Å². The molecule has 1 unspecified atom stereocenters. The van der Waals surface area contributed by atoms with Crippen LogP contribution in [0.5, 0.6) is 5.75 Å². The molecule has 0 radical (unpaired) electrons. The molecule has 1 aromatic heterocycles. The minimum Gasteiger partial charge on any atom is -0.502 e. The van der Waals surface area contributed by atoms with E-state index >= 15 is 0 Å². The van der Waals surface area contributed by atoms with E-state index in [1.807, 2.05) is 0 Å². The Bertz CT molecular complexity index is 810. The molecule has 1 atom stereocenters. The van der Waals surface area contributed by atoms with Crippen molar-refractivity contribution in [2.45, 2.75) is 25.9 Å². The lowest BCUT2D eigenvalue weighted by Gasteiger charge is -2.18. The first-order valence-corrected chi connectivity index (χ1v) is 7.45. The first-order chi connectivity index (χ1) is 11.9. The minimum atomic E-state index is -1.44. The summed E-state index contributed by atoms with van der Waals surface area (Å²) in [6.07, 6.45) is -0.572. The van der Waals surface area contributed by atoms with Gasteiger partial charge in [0.1, 0.15) is 24.0 Å². The number of ether oxygens (including phenoxy) is 1. The Labute approximate surface area is 141 Å². The van der Waals surface area contributed by atoms with E-state index in [1.165, 1.54) is 0 Å². The van der Waals surface area contributed by atoms with Crippen LogP contribution in [-0.2, 0) is 16.1 Å². The first kappa shape index (κ1) is 18.6. The number of hydrogen-bond donors (Lipinski definition) is 2. The molecule has 2 N–H and O–H groups in total. The van der Waals surface area contributed by atoms with E-state index < -0.39 is 59.1 Å². The summed E-state index contributed by atoms with van der Waals surface area (Å²) < 4.78 is 38.4. The zero-order chi connectivity index (χ0) is 18.6. The molecule has 0 aliphatic rings. The average Bonchev–Trinajstić information content (AvgIpc) is 2.56. The lowest BCUT2D eigenvalue weighted by molar-refractivity contribution is -0.143. The standard InChI is InChI=1S/C17H16F2O6/c1-2-24-14(22)7-10(15-11(18)4-3-5-12(15)19)17-16(23)13(21)6-9(8-20)25-17/h3-6,10,20,23H,2,7-8H2,1H3. The van der Waals surface area contributed by atoms with Crippen molar-refractivity contribution in [1.29, 1.82) is 0 Å². The van der Waals surface area contributed by atoms with Crippen LogP contribution in [0.25, 0.3) is 0 Å². The lowest BCUT2D eigenvalue weighted by atomic mass is 9.91. The Morgan fingerprint density at radius 2 is 1.96 bits per heavy atom. The first-order valence-electron chi connectivity index (χ1n) is 7.45. The fourth-order valence-corrected chi connectivity index (χ4v) is 2.43. The van der Waals surface area contributed by atoms with E-state index in [9.17, 15) is 23.5 Å². The Hall–Kier alpha value is -2.74. The fourth-order valence-electron chi connectivity index (χ4n) is 2.43. The molecule has 0 bridgehead atoms. The van der Waals surface area contributed by atoms with Crippen LogP contribution in [0.4, 0.5) is 8.78 Å². The maximum absolute atomic E-state index is 14.2. The highest BCUT2D eigenvalue weighted by Gasteiger charge is 2.31. The van der Waals surface area contributed by atoms with Gasteiger partial charge in [0, 0.05) is 11.6 Å². The van der Waals surface area contributed by atoms with E-state index in [0.29, 0.717) is 0 Å². The summed E-state index contributed by atoms with van der Waals surface area (Å²) in [4.78, 5) is 23.7. The van der Waals surface area contributed by atoms with Gasteiger partial charge in [-0.15, -0.1) is 0 Å². The summed E-state index contributed by atoms with van der Waals surface area (Å²) >= 11 is 0. The van der Waals surface area contributed by atoms with Crippen molar-refractivity contribution >= 4 is 5.97 Å². The van der Waals surface area contributed by atoms with Gasteiger partial charge in [0.2, 0.25) is 11.2 Å². The zero-order valence-corrected chi connectivity index (χ0v) is 13.3. The Morgan fingerprint density at radius 3 is 2.52 bits per heavy atom. The number of halogens is 2. The van der Waals surface area contributed by atoms with Crippen LogP contribution in [0.3, 0.4) is 0 Å². The molecule has 0 spiro atoms. The highest BCUT2D eigenvalue weighted by atomic mass is 19.1. The largest absolute Gasteiger partial charge is 0.502 e. The molecular weight excluding hydrogens is 338 g/mol. The van der Waals surface area contributed by atoms with E-state index in [0.717, 1.165) is 24.3 Å². The molecule has 1 heterocycles. The van der Waals surface area contributed by atoms with Gasteiger partial charge < -0.3 is 19.4 Å². The third-order valence-corrected chi connectivity index (χ3v) is 3.50. The molecule has 2 aromatic rings. The highest BCUT2D eigenvalue weighted by molar-refractivity contribution is 5.71. The molecule has 8 heteroatoms. The van der Waals surface area contributed by atoms with Crippen molar-refractivity contribution in [3.05, 3.63) is 63.2 Å². The maximum Gasteiger partial charge on any atom is 0.306 e. The topological polar surface area (TPSA) is 97.0 Å². The van der Waals surface area contributed by atoms with Gasteiger partial charge in [0.25, 0.3) is 0 Å². The van der Waals surface area contributed by atoms with E-state index in [1.54, 1.807) is 6.92 Å². The third kappa shape index (κ3) is 4.03. The van der Waals surface area contributed by atoms with Gasteiger partial charge in [-0.2, -0.15) is 0 Å². The smallest absolute Gasteiger partial charge is 0.306 e. The summed E-state index contributed by atoms with van der Waals surface area (Å²) in [5.74, 6) is -5.84. The number of carbonyl (C=O) groups excluding carboxylic acids is 1. The summed E-state index contributed by atoms with van der Waals surface area (Å²) in [6.45, 7) is 0.923. The number of carbonyl (C=O) groups is 1. The van der Waals surface area contributed by atoms with Gasteiger partial charge in [0.05, 0.1) is 18.9 Å². The van der Waals surface area contributed by atoms with Gasteiger partial charge in [-0.1, -0.05) is 6.07 Å². The number of hydrogen-bond acceptors (Lipinski definition) is 6. The lowest BCUT2D eigenvalue weighted by Crippen LogP contribution is -2.17. The maximum atomic E-state index is 14.2. The molecule has 2 rings (SSSR count). The van der Waals surface area contributed by atoms with E-state index in [2.05, 4.69) is 0 Å². The second kappa shape index (κ2) is 7.89. The van der Waals surface area contributed by atoms with Gasteiger partial charge >= 0.3 is 5.97 Å². The predicted molar refractivity (Wildman–Crippen MR) is 82.0 cm³/mol. The van der Waals surface area contributed by atoms with Crippen LogP contribution in [0, 0.1) is 11.6 Å². The van der Waals surface area contributed by atoms with Crippen molar-refractivity contribution in [2.75, 3.05) is 6.61 Å². The fraction of sp³-hybridized carbons (Fsp3) is 0.294. The normalized spacial score (nSPS) is 12.0. The molecule has 134 valence electrons. The predicted octanol–water partition coefficient (Wildman–Crippen LogP) is 2.20. The van der Waals surface area contributed by atoms with Crippen molar-refractivity contribution in [1.82, 2.24) is 0 Å². The van der Waals surface area contributed by atoms with E-state index in [4.69, 9.17) is 14.3 Å². The molecule has 1 aromatic carbocycles. The van der Waals surface area contributed by atoms with E-state index in [-0.39, 0.29) is 12.4 Å². The molecule has 0 amide bonds. The number of esters is 1. The van der Waals surface area contributed by atoms with Gasteiger partial charge in [-0.25, -0.2) is 8.78 Å². The number of aromatic hydroxyl groups is 1. The Kier molecular flexibility index (Phi) is 5.87. The molecule has 0 saturated heterocycles. The molecule has 0 aliphatic carbocycles. The van der Waals surface area contributed by atoms with Crippen molar-refractivity contribution < 1.29 is 32.9 Å². The number of benzene rings is 1. The van der Waals surface area contributed by atoms with Gasteiger partial charge in [-0.05, 0) is 19.1 Å². The van der Waals surface area contributed by atoms with Crippen molar-refractivity contribution in [3.8, 4) is 5.75 Å². The monoisotopic (exact) mass is 354 g/mol. The van der Waals surface area contributed by atoms with Crippen molar-refractivity contribution in [2.24, 2.45) is 0 Å². The molecular formula is C17H16F2O6. The van der Waals surface area contributed by atoms with Gasteiger partial charge in [0.15, 0.2) is 5.76 Å². The molecule has 6 nitrogen and oxygen atoms in total. The second-order valence-electron chi connectivity index (χ2n) is 5.14. The number of aliphatic hydroxyl groups excluding tert-OH is 1. The minimum absolute atomic E-state index is 0.0396. The third-order valence-electron chi connectivity index (χ3n) is 3.50. The quantitative estimate of drug-likeness (QED) is 0.772. The summed E-state index contributed by atoms with van der Waals surface area (Å²) in [5, 5.41) is 19.1. The Morgan fingerprint density at radius 1 is 1.32 bits per heavy atom. The summed E-state index contributed by atoms with van der Waals surface area (Å²) in [5.41, 5.74) is -1.46. The second-order valence-corrected chi connectivity index (χ2v) is 5.14. The van der Waals surface area contributed by atoms with Crippen LogP contribution in [0.1, 0.15) is 36.3 Å². The van der Waals surface area contributed by atoms with Gasteiger partial charge in [-0.3, -0.25) is 9.59 Å². The zero-order valence-electron chi connectivity index (χ0n) is 13.3. The average molecular weight is 354 g/mol. The highest BCUT2D eigenvalue weighted by Crippen LogP contribution is 2.36. The van der Waals surface area contributed by atoms with Crippen LogP contribution in [0.2, 0.25) is 0 Å². The summed E-state index contributed by atoms with van der Waals surface area (Å²) in [6, 6.07) is 3.93. The number of rotatable bonds is 6. The summed E-state index contributed by atoms with van der Waals surface area (Å²) in [7, 11) is 0. The van der Waals surface area contributed by atoms with Crippen molar-refractivity contribution in [3.63, 3.8) is 0 Å².